The molecule has 1 amide bonds. The molecule has 3 aliphatic heterocycles. The maximum atomic E-state index is 13.2. The summed E-state index contributed by atoms with van der Waals surface area (Å²) in [5.74, 6) is 0.0745. The average molecular weight is 314 g/mol. The number of nitrogen functional groups attached to an aromatic ring is 1. The molecule has 3 aliphatic rings. The summed E-state index contributed by atoms with van der Waals surface area (Å²) in [6, 6.07) is 6.00. The Morgan fingerprint density at radius 3 is 2.78 bits per heavy atom. The van der Waals surface area contributed by atoms with E-state index in [0.717, 1.165) is 55.0 Å². The molecule has 3 heterocycles. The summed E-state index contributed by atoms with van der Waals surface area (Å²) in [6.45, 7) is 3.76. The Bertz CT molecular complexity index is 657. The number of hydrogen-bond donors (Lipinski definition) is 3. The van der Waals surface area contributed by atoms with Gasteiger partial charge in [-0.1, -0.05) is 0 Å². The van der Waals surface area contributed by atoms with Gasteiger partial charge in [-0.25, -0.2) is 0 Å². The predicted molar refractivity (Wildman–Crippen MR) is 90.0 cm³/mol. The van der Waals surface area contributed by atoms with Crippen molar-refractivity contribution in [2.75, 3.05) is 43.5 Å². The van der Waals surface area contributed by atoms with E-state index in [1.54, 1.807) is 0 Å². The number of amides is 1. The van der Waals surface area contributed by atoms with Gasteiger partial charge in [0.05, 0.1) is 30.2 Å². The SMILES string of the molecule is Nc1ccc2c(c1)/C(=C1\COCCN1)C(=O)N2C1CCNCC1. The third kappa shape index (κ3) is 2.48. The van der Waals surface area contributed by atoms with Crippen molar-refractivity contribution in [3.8, 4) is 0 Å². The highest BCUT2D eigenvalue weighted by molar-refractivity contribution is 6.33. The van der Waals surface area contributed by atoms with Crippen LogP contribution in [0.15, 0.2) is 23.9 Å². The number of benzene rings is 1. The summed E-state index contributed by atoms with van der Waals surface area (Å²) in [7, 11) is 0. The van der Waals surface area contributed by atoms with Gasteiger partial charge >= 0.3 is 0 Å². The summed E-state index contributed by atoms with van der Waals surface area (Å²) in [6.07, 6.45) is 1.95. The fourth-order valence-electron chi connectivity index (χ4n) is 3.69. The Hall–Kier alpha value is -2.05. The van der Waals surface area contributed by atoms with Gasteiger partial charge < -0.3 is 26.0 Å². The van der Waals surface area contributed by atoms with Crippen molar-refractivity contribution in [2.24, 2.45) is 0 Å². The molecule has 6 nitrogen and oxygen atoms in total. The minimum absolute atomic E-state index is 0.0745. The molecule has 0 aromatic heterocycles. The molecular formula is C17H22N4O2. The molecule has 0 unspecified atom stereocenters. The van der Waals surface area contributed by atoms with Crippen molar-refractivity contribution in [1.82, 2.24) is 10.6 Å². The number of nitrogens with zero attached hydrogens (tertiary/aromatic N) is 1. The fourth-order valence-corrected chi connectivity index (χ4v) is 3.69. The number of nitrogens with two attached hydrogens (primary N) is 1. The minimum atomic E-state index is 0.0745. The van der Waals surface area contributed by atoms with Crippen LogP contribution in [0.25, 0.3) is 5.57 Å². The van der Waals surface area contributed by atoms with Crippen molar-refractivity contribution in [1.29, 1.82) is 0 Å². The van der Waals surface area contributed by atoms with Gasteiger partial charge in [-0.3, -0.25) is 4.79 Å². The van der Waals surface area contributed by atoms with Gasteiger partial charge in [-0.15, -0.1) is 0 Å². The Kier molecular flexibility index (Phi) is 3.71. The normalized spacial score (nSPS) is 25.4. The number of ether oxygens (including phenoxy) is 1. The number of nitrogens with one attached hydrogen (secondary N) is 2. The zero-order valence-electron chi connectivity index (χ0n) is 13.1. The van der Waals surface area contributed by atoms with Crippen LogP contribution in [0.3, 0.4) is 0 Å². The molecule has 122 valence electrons. The van der Waals surface area contributed by atoms with Crippen LogP contribution in [0.1, 0.15) is 18.4 Å². The van der Waals surface area contributed by atoms with E-state index in [4.69, 9.17) is 10.5 Å². The average Bonchev–Trinajstić information content (AvgIpc) is 2.87. The van der Waals surface area contributed by atoms with E-state index in [1.807, 2.05) is 23.1 Å². The maximum Gasteiger partial charge on any atom is 0.261 e. The molecule has 23 heavy (non-hydrogen) atoms. The molecule has 4 N–H and O–H groups in total. The molecule has 1 aromatic rings. The Balaban J connectivity index is 1.80. The Morgan fingerprint density at radius 1 is 1.22 bits per heavy atom. The second-order valence-electron chi connectivity index (χ2n) is 6.27. The van der Waals surface area contributed by atoms with Crippen LogP contribution in [-0.2, 0) is 9.53 Å². The number of fused-ring (bicyclic) bond motifs is 1. The first-order chi connectivity index (χ1) is 11.3. The van der Waals surface area contributed by atoms with Crippen LogP contribution in [0.5, 0.6) is 0 Å². The molecular weight excluding hydrogens is 292 g/mol. The van der Waals surface area contributed by atoms with Crippen LogP contribution in [0, 0.1) is 0 Å². The van der Waals surface area contributed by atoms with Crippen LogP contribution in [0.4, 0.5) is 11.4 Å². The van der Waals surface area contributed by atoms with E-state index < -0.39 is 0 Å². The topological polar surface area (TPSA) is 79.6 Å². The van der Waals surface area contributed by atoms with E-state index >= 15 is 0 Å². The highest BCUT2D eigenvalue weighted by atomic mass is 16.5. The number of carbonyl (C=O) groups is 1. The van der Waals surface area contributed by atoms with Crippen molar-refractivity contribution < 1.29 is 9.53 Å². The van der Waals surface area contributed by atoms with Crippen LogP contribution in [0.2, 0.25) is 0 Å². The van der Waals surface area contributed by atoms with E-state index in [1.165, 1.54) is 0 Å². The lowest BCUT2D eigenvalue weighted by Gasteiger charge is -2.32. The zero-order valence-corrected chi connectivity index (χ0v) is 13.1. The smallest absolute Gasteiger partial charge is 0.261 e. The van der Waals surface area contributed by atoms with Crippen LogP contribution >= 0.6 is 0 Å². The summed E-state index contributed by atoms with van der Waals surface area (Å²) in [4.78, 5) is 15.2. The van der Waals surface area contributed by atoms with E-state index in [0.29, 0.717) is 18.9 Å². The molecule has 0 spiro atoms. The van der Waals surface area contributed by atoms with Gasteiger partial charge in [-0.05, 0) is 44.1 Å². The van der Waals surface area contributed by atoms with Gasteiger partial charge in [0.15, 0.2) is 0 Å². The van der Waals surface area contributed by atoms with Gasteiger partial charge in [0.2, 0.25) is 0 Å². The third-order valence-corrected chi connectivity index (χ3v) is 4.79. The molecule has 0 atom stereocenters. The molecule has 0 bridgehead atoms. The number of hydrogen-bond acceptors (Lipinski definition) is 5. The largest absolute Gasteiger partial charge is 0.399 e. The second-order valence-corrected chi connectivity index (χ2v) is 6.27. The van der Waals surface area contributed by atoms with Gasteiger partial charge in [0, 0.05) is 23.8 Å². The standard InChI is InChI=1S/C17H22N4O2/c18-11-1-2-15-13(9-11)16(14-10-23-8-7-20-14)17(22)21(15)12-3-5-19-6-4-12/h1-2,9,12,19-20H,3-8,10,18H2/b16-14-. The minimum Gasteiger partial charge on any atom is -0.399 e. The lowest BCUT2D eigenvalue weighted by atomic mass is 10.0. The van der Waals surface area contributed by atoms with E-state index in [9.17, 15) is 4.79 Å². The number of carbonyl (C=O) groups excluding carboxylic acids is 1. The number of morpholine rings is 1. The monoisotopic (exact) mass is 314 g/mol. The van der Waals surface area contributed by atoms with Crippen LogP contribution in [-0.4, -0.2) is 44.8 Å². The van der Waals surface area contributed by atoms with Crippen molar-refractivity contribution >= 4 is 22.9 Å². The summed E-state index contributed by atoms with van der Waals surface area (Å²) >= 11 is 0. The quantitative estimate of drug-likeness (QED) is 0.525. The van der Waals surface area contributed by atoms with E-state index in [2.05, 4.69) is 10.6 Å². The summed E-state index contributed by atoms with van der Waals surface area (Å²) in [5, 5.41) is 6.69. The Labute approximate surface area is 135 Å². The molecule has 0 radical (unpaired) electrons. The Morgan fingerprint density at radius 2 is 2.04 bits per heavy atom. The predicted octanol–water partition coefficient (Wildman–Crippen LogP) is 0.698. The number of anilines is 2. The summed E-state index contributed by atoms with van der Waals surface area (Å²) < 4.78 is 5.54. The first-order valence-corrected chi connectivity index (χ1v) is 8.24. The van der Waals surface area contributed by atoms with Crippen molar-refractivity contribution in [3.63, 3.8) is 0 Å². The maximum absolute atomic E-state index is 13.2. The number of piperidine rings is 1. The van der Waals surface area contributed by atoms with E-state index in [-0.39, 0.29) is 11.9 Å². The first kappa shape index (κ1) is 14.5. The zero-order chi connectivity index (χ0) is 15.8. The first-order valence-electron chi connectivity index (χ1n) is 8.24. The van der Waals surface area contributed by atoms with Gasteiger partial charge in [-0.2, -0.15) is 0 Å². The van der Waals surface area contributed by atoms with Crippen molar-refractivity contribution in [3.05, 3.63) is 29.5 Å². The molecule has 4 rings (SSSR count). The molecule has 0 saturated carbocycles. The number of rotatable bonds is 1. The lowest BCUT2D eigenvalue weighted by molar-refractivity contribution is -0.113. The molecule has 6 heteroatoms. The molecule has 2 saturated heterocycles. The van der Waals surface area contributed by atoms with Crippen LogP contribution < -0.4 is 21.3 Å². The molecule has 0 aliphatic carbocycles. The highest BCUT2D eigenvalue weighted by Gasteiger charge is 2.39. The summed E-state index contributed by atoms with van der Waals surface area (Å²) in [5.41, 5.74) is 10.2. The highest BCUT2D eigenvalue weighted by Crippen LogP contribution is 2.41. The molecule has 1 aromatic carbocycles. The fraction of sp³-hybridized carbons (Fsp3) is 0.471. The van der Waals surface area contributed by atoms with Crippen molar-refractivity contribution in [2.45, 2.75) is 18.9 Å². The molecule has 2 fully saturated rings. The second kappa shape index (κ2) is 5.86. The lowest BCUT2D eigenvalue weighted by Crippen LogP contribution is -2.45. The van der Waals surface area contributed by atoms with Gasteiger partial charge in [0.1, 0.15) is 0 Å². The third-order valence-electron chi connectivity index (χ3n) is 4.79. The van der Waals surface area contributed by atoms with Gasteiger partial charge in [0.25, 0.3) is 5.91 Å².